The van der Waals surface area contributed by atoms with Crippen LogP contribution < -0.4 is 21.8 Å². The Morgan fingerprint density at radius 3 is 2.55 bits per heavy atom. The number of carbonyl (C=O) groups excluding carboxylic acids is 2. The molecule has 148 valence electrons. The summed E-state index contributed by atoms with van der Waals surface area (Å²) in [5, 5.41) is 3.18. The van der Waals surface area contributed by atoms with Crippen LogP contribution in [-0.4, -0.2) is 28.1 Å². The Labute approximate surface area is 165 Å². The number of nitrogens with one attached hydrogen (secondary N) is 1. The van der Waals surface area contributed by atoms with Crippen LogP contribution in [0.2, 0.25) is 0 Å². The molecule has 0 saturated carbocycles. The number of primary amides is 1. The Balaban J connectivity index is 1.60. The largest absolute Gasteiger partial charge is 0.366 e. The third-order valence-corrected chi connectivity index (χ3v) is 5.25. The van der Waals surface area contributed by atoms with Crippen molar-refractivity contribution in [3.8, 4) is 0 Å². The van der Waals surface area contributed by atoms with E-state index in [1.54, 1.807) is 47.4 Å². The maximum atomic E-state index is 12.9. The van der Waals surface area contributed by atoms with Crippen molar-refractivity contribution in [2.45, 2.75) is 25.8 Å². The third kappa shape index (κ3) is 3.33. The quantitative estimate of drug-likeness (QED) is 0.692. The fraction of sp³-hybridized carbons (Fsp3) is 0.238. The van der Waals surface area contributed by atoms with Gasteiger partial charge in [0.25, 0.3) is 11.1 Å². The first-order valence-corrected chi connectivity index (χ1v) is 9.41. The molecule has 8 nitrogen and oxygen atoms in total. The molecule has 1 aliphatic rings. The highest BCUT2D eigenvalue weighted by Crippen LogP contribution is 2.30. The zero-order valence-electron chi connectivity index (χ0n) is 15.7. The predicted molar refractivity (Wildman–Crippen MR) is 109 cm³/mol. The van der Waals surface area contributed by atoms with Gasteiger partial charge in [-0.15, -0.1) is 0 Å². The molecule has 3 aromatic rings. The zero-order valence-corrected chi connectivity index (χ0v) is 15.7. The Bertz CT molecular complexity index is 1240. The first-order chi connectivity index (χ1) is 14.0. The van der Waals surface area contributed by atoms with Gasteiger partial charge in [0.05, 0.1) is 17.3 Å². The van der Waals surface area contributed by atoms with Crippen LogP contribution >= 0.6 is 0 Å². The molecule has 0 aliphatic carbocycles. The average Bonchev–Trinajstić information content (AvgIpc) is 2.74. The highest BCUT2D eigenvalue weighted by molar-refractivity contribution is 6.00. The number of nitrogens with two attached hydrogens (primary N) is 1. The first kappa shape index (κ1) is 18.7. The molecule has 1 aromatic heterocycles. The third-order valence-electron chi connectivity index (χ3n) is 5.25. The van der Waals surface area contributed by atoms with Crippen LogP contribution in [0, 0.1) is 0 Å². The summed E-state index contributed by atoms with van der Waals surface area (Å²) in [6, 6.07) is 11.7. The molecule has 29 heavy (non-hydrogen) atoms. The van der Waals surface area contributed by atoms with E-state index in [2.05, 4.69) is 5.10 Å². The van der Waals surface area contributed by atoms with Gasteiger partial charge in [-0.2, -0.15) is 0 Å². The minimum absolute atomic E-state index is 0.0361. The van der Waals surface area contributed by atoms with Gasteiger partial charge in [-0.05, 0) is 42.7 Å². The molecule has 0 fully saturated rings. The number of fused-ring (bicyclic) bond motifs is 2. The number of anilines is 1. The molecule has 2 heterocycles. The van der Waals surface area contributed by atoms with Crippen molar-refractivity contribution in [1.29, 1.82) is 0 Å². The normalized spacial score (nSPS) is 13.3. The molecule has 2 amide bonds. The molecule has 2 aromatic carbocycles. The number of rotatable bonds is 4. The number of aromatic nitrogens is 2. The average molecular weight is 392 g/mol. The number of nitrogens with zero attached hydrogens (tertiary/aromatic N) is 2. The van der Waals surface area contributed by atoms with E-state index in [-0.39, 0.29) is 30.0 Å². The van der Waals surface area contributed by atoms with Crippen LogP contribution in [0.1, 0.15) is 28.8 Å². The second kappa shape index (κ2) is 7.38. The van der Waals surface area contributed by atoms with Gasteiger partial charge in [0.2, 0.25) is 11.8 Å². The molecular weight excluding hydrogens is 372 g/mol. The molecule has 0 bridgehead atoms. The molecule has 8 heteroatoms. The summed E-state index contributed by atoms with van der Waals surface area (Å²) in [5.74, 6) is -0.704. The van der Waals surface area contributed by atoms with Gasteiger partial charge in [-0.3, -0.25) is 24.3 Å². The van der Waals surface area contributed by atoms with Gasteiger partial charge in [-0.25, -0.2) is 4.68 Å². The lowest BCUT2D eigenvalue weighted by Gasteiger charge is -2.30. The lowest BCUT2D eigenvalue weighted by atomic mass is 9.95. The van der Waals surface area contributed by atoms with Crippen molar-refractivity contribution in [1.82, 2.24) is 9.78 Å². The zero-order chi connectivity index (χ0) is 20.5. The van der Waals surface area contributed by atoms with E-state index in [9.17, 15) is 19.2 Å². The number of H-pyrrole nitrogens is 1. The van der Waals surface area contributed by atoms with Crippen LogP contribution in [0.15, 0.2) is 52.1 Å². The number of aryl methyl sites for hydroxylation is 1. The maximum Gasteiger partial charge on any atom is 0.273 e. The van der Waals surface area contributed by atoms with Crippen LogP contribution in [0.5, 0.6) is 0 Å². The summed E-state index contributed by atoms with van der Waals surface area (Å²) >= 11 is 0. The van der Waals surface area contributed by atoms with Gasteiger partial charge < -0.3 is 10.6 Å². The summed E-state index contributed by atoms with van der Waals surface area (Å²) < 4.78 is 1.17. The van der Waals surface area contributed by atoms with E-state index >= 15 is 0 Å². The van der Waals surface area contributed by atoms with Crippen molar-refractivity contribution in [2.24, 2.45) is 5.73 Å². The standard InChI is InChI=1S/C21H20N4O4/c22-19(27)14-7-3-9-17-13(14)8-4-11-24(17)18(26)10-12-25-21(29)16-6-2-1-5-15(16)20(28)23-25/h1-3,5-7,9H,4,8,10-12H2,(H2,22,27)(H,23,28). The fourth-order valence-electron chi connectivity index (χ4n) is 3.86. The highest BCUT2D eigenvalue weighted by Gasteiger charge is 2.25. The molecule has 0 unspecified atom stereocenters. The topological polar surface area (TPSA) is 118 Å². The highest BCUT2D eigenvalue weighted by atomic mass is 16.2. The van der Waals surface area contributed by atoms with E-state index in [0.717, 1.165) is 12.0 Å². The fourth-order valence-corrected chi connectivity index (χ4v) is 3.86. The molecular formula is C21H20N4O4. The van der Waals surface area contributed by atoms with Crippen molar-refractivity contribution in [3.05, 3.63) is 74.3 Å². The Kier molecular flexibility index (Phi) is 4.75. The van der Waals surface area contributed by atoms with E-state index in [1.165, 1.54) is 4.68 Å². The van der Waals surface area contributed by atoms with Crippen LogP contribution in [0.3, 0.4) is 0 Å². The number of amides is 2. The SMILES string of the molecule is NC(=O)c1cccc2c1CCCN2C(=O)CCn1[nH]c(=O)c2ccccc2c1=O. The van der Waals surface area contributed by atoms with E-state index in [1.807, 2.05) is 0 Å². The molecule has 4 rings (SSSR count). The lowest BCUT2D eigenvalue weighted by molar-refractivity contribution is -0.119. The van der Waals surface area contributed by atoms with E-state index in [4.69, 9.17) is 5.73 Å². The molecule has 0 radical (unpaired) electrons. The van der Waals surface area contributed by atoms with Crippen molar-refractivity contribution in [3.63, 3.8) is 0 Å². The molecule has 3 N–H and O–H groups in total. The summed E-state index contributed by atoms with van der Waals surface area (Å²) in [5.41, 5.74) is 6.62. The smallest absolute Gasteiger partial charge is 0.273 e. The van der Waals surface area contributed by atoms with Gasteiger partial charge in [0.15, 0.2) is 0 Å². The molecule has 0 saturated heterocycles. The maximum absolute atomic E-state index is 12.9. The van der Waals surface area contributed by atoms with Crippen LogP contribution in [-0.2, 0) is 17.8 Å². The van der Waals surface area contributed by atoms with Crippen molar-refractivity contribution >= 4 is 28.3 Å². The second-order valence-electron chi connectivity index (χ2n) is 7.01. The van der Waals surface area contributed by atoms with Gasteiger partial charge >= 0.3 is 0 Å². The molecule has 1 aliphatic heterocycles. The number of hydrogen-bond donors (Lipinski definition) is 2. The summed E-state index contributed by atoms with van der Waals surface area (Å²) in [4.78, 5) is 51.0. The van der Waals surface area contributed by atoms with Gasteiger partial charge in [0, 0.05) is 24.2 Å². The summed E-state index contributed by atoms with van der Waals surface area (Å²) in [6.07, 6.45) is 1.43. The molecule has 0 spiro atoms. The Morgan fingerprint density at radius 1 is 1.03 bits per heavy atom. The Morgan fingerprint density at radius 2 is 1.79 bits per heavy atom. The minimum Gasteiger partial charge on any atom is -0.366 e. The number of benzene rings is 2. The van der Waals surface area contributed by atoms with Crippen molar-refractivity contribution < 1.29 is 9.59 Å². The second-order valence-corrected chi connectivity index (χ2v) is 7.01. The first-order valence-electron chi connectivity index (χ1n) is 9.41. The summed E-state index contributed by atoms with van der Waals surface area (Å²) in [6.45, 7) is 0.580. The number of carbonyl (C=O) groups is 2. The molecule has 0 atom stereocenters. The number of hydrogen-bond acceptors (Lipinski definition) is 4. The summed E-state index contributed by atoms with van der Waals surface area (Å²) in [7, 11) is 0. The van der Waals surface area contributed by atoms with Gasteiger partial charge in [0.1, 0.15) is 0 Å². The minimum atomic E-state index is -0.517. The predicted octanol–water partition coefficient (Wildman–Crippen LogP) is 1.16. The van der Waals surface area contributed by atoms with Gasteiger partial charge in [-0.1, -0.05) is 18.2 Å². The van der Waals surface area contributed by atoms with Crippen molar-refractivity contribution in [2.75, 3.05) is 11.4 Å². The van der Waals surface area contributed by atoms with E-state index < -0.39 is 5.91 Å². The Hall–Kier alpha value is -3.68. The van der Waals surface area contributed by atoms with Crippen LogP contribution in [0.25, 0.3) is 10.8 Å². The number of aromatic amines is 1. The van der Waals surface area contributed by atoms with Crippen LogP contribution in [0.4, 0.5) is 5.69 Å². The lowest BCUT2D eigenvalue weighted by Crippen LogP contribution is -2.38. The monoisotopic (exact) mass is 392 g/mol. The van der Waals surface area contributed by atoms with E-state index in [0.29, 0.717) is 35.0 Å².